The number of aryl methyl sites for hydroxylation is 1. The van der Waals surface area contributed by atoms with E-state index in [4.69, 9.17) is 0 Å². The number of hydrogen-bond donors (Lipinski definition) is 2. The molecule has 2 aromatic carbocycles. The van der Waals surface area contributed by atoms with E-state index < -0.39 is 32.7 Å². The second-order valence-corrected chi connectivity index (χ2v) is 9.62. The van der Waals surface area contributed by atoms with Gasteiger partial charge in [0.1, 0.15) is 10.7 Å². The topological polar surface area (TPSA) is 98.8 Å². The monoisotopic (exact) mass is 476 g/mol. The van der Waals surface area contributed by atoms with E-state index in [0.29, 0.717) is 26.2 Å². The average molecular weight is 477 g/mol. The predicted molar refractivity (Wildman–Crippen MR) is 124 cm³/mol. The largest absolute Gasteiger partial charge is 0.339 e. The van der Waals surface area contributed by atoms with Gasteiger partial charge in [0.15, 0.2) is 0 Å². The Morgan fingerprint density at radius 1 is 1.03 bits per heavy atom. The molecule has 0 unspecified atom stereocenters. The summed E-state index contributed by atoms with van der Waals surface area (Å²) in [6.45, 7) is 5.37. The zero-order valence-electron chi connectivity index (χ0n) is 18.8. The van der Waals surface area contributed by atoms with Gasteiger partial charge >= 0.3 is 0 Å². The van der Waals surface area contributed by atoms with Crippen molar-refractivity contribution >= 4 is 27.5 Å². The maximum absolute atomic E-state index is 13.9. The van der Waals surface area contributed by atoms with Crippen molar-refractivity contribution in [1.29, 1.82) is 0 Å². The van der Waals surface area contributed by atoms with Gasteiger partial charge < -0.3 is 10.2 Å². The van der Waals surface area contributed by atoms with Gasteiger partial charge in [-0.05, 0) is 37.1 Å². The van der Waals surface area contributed by atoms with Gasteiger partial charge in [-0.2, -0.15) is 4.72 Å². The summed E-state index contributed by atoms with van der Waals surface area (Å²) in [5, 5.41) is 2.94. The van der Waals surface area contributed by atoms with E-state index in [1.54, 1.807) is 4.90 Å². The van der Waals surface area contributed by atoms with Crippen LogP contribution in [0, 0.1) is 5.82 Å². The van der Waals surface area contributed by atoms with Crippen molar-refractivity contribution in [3.63, 3.8) is 0 Å². The number of nitrogens with one attached hydrogen (secondary N) is 2. The molecule has 1 heterocycles. The van der Waals surface area contributed by atoms with Gasteiger partial charge in [-0.1, -0.05) is 37.3 Å². The molecule has 0 aliphatic carbocycles. The van der Waals surface area contributed by atoms with E-state index in [1.165, 1.54) is 19.1 Å². The molecule has 10 heteroatoms. The summed E-state index contributed by atoms with van der Waals surface area (Å²) in [4.78, 5) is 28.2. The number of rotatable bonds is 8. The molecule has 0 saturated carbocycles. The standard InChI is InChI=1S/C23H29FN4O4S/c1-3-18-8-4-6-10-20(18)25-22(29)16-27-12-14-28(15-13-27)23(30)17(2)26-33(31,32)21-11-7-5-9-19(21)24/h4-11,17,26H,3,12-16H2,1-2H3,(H,25,29)/t17-/m0/s1. The molecule has 2 aromatic rings. The molecule has 178 valence electrons. The van der Waals surface area contributed by atoms with Crippen molar-refractivity contribution in [2.45, 2.75) is 31.2 Å². The first kappa shape index (κ1) is 24.8. The van der Waals surface area contributed by atoms with Gasteiger partial charge in [-0.15, -0.1) is 0 Å². The normalized spacial score (nSPS) is 15.8. The van der Waals surface area contributed by atoms with E-state index in [9.17, 15) is 22.4 Å². The minimum absolute atomic E-state index is 0.123. The number of benzene rings is 2. The molecule has 2 amide bonds. The Morgan fingerprint density at radius 2 is 1.67 bits per heavy atom. The number of sulfonamides is 1. The molecule has 0 bridgehead atoms. The molecule has 1 aliphatic heterocycles. The molecular formula is C23H29FN4O4S. The van der Waals surface area contributed by atoms with Crippen molar-refractivity contribution in [2.24, 2.45) is 0 Å². The summed E-state index contributed by atoms with van der Waals surface area (Å²) in [5.74, 6) is -1.39. The lowest BCUT2D eigenvalue weighted by atomic mass is 10.1. The van der Waals surface area contributed by atoms with Crippen LogP contribution < -0.4 is 10.0 Å². The molecule has 0 spiro atoms. The first-order valence-corrected chi connectivity index (χ1v) is 12.4. The number of carbonyl (C=O) groups is 2. The van der Waals surface area contributed by atoms with Crippen LogP contribution >= 0.6 is 0 Å². The predicted octanol–water partition coefficient (Wildman–Crippen LogP) is 1.84. The fourth-order valence-corrected chi connectivity index (χ4v) is 5.03. The quantitative estimate of drug-likeness (QED) is 0.606. The van der Waals surface area contributed by atoms with Crippen LogP contribution in [0.2, 0.25) is 0 Å². The smallest absolute Gasteiger partial charge is 0.244 e. The third-order valence-corrected chi connectivity index (χ3v) is 7.13. The number of carbonyl (C=O) groups excluding carboxylic acids is 2. The summed E-state index contributed by atoms with van der Waals surface area (Å²) in [7, 11) is -4.17. The van der Waals surface area contributed by atoms with Gasteiger partial charge in [0, 0.05) is 31.9 Å². The van der Waals surface area contributed by atoms with Crippen molar-refractivity contribution < 1.29 is 22.4 Å². The van der Waals surface area contributed by atoms with E-state index in [1.807, 2.05) is 36.1 Å². The first-order chi connectivity index (χ1) is 15.7. The summed E-state index contributed by atoms with van der Waals surface area (Å²) in [5.41, 5.74) is 1.86. The molecule has 33 heavy (non-hydrogen) atoms. The summed E-state index contributed by atoms with van der Waals surface area (Å²) < 4.78 is 41.0. The Bertz CT molecular complexity index is 1100. The van der Waals surface area contributed by atoms with Gasteiger partial charge in [0.05, 0.1) is 12.6 Å². The number of piperazine rings is 1. The van der Waals surface area contributed by atoms with Crippen molar-refractivity contribution in [3.05, 3.63) is 59.9 Å². The highest BCUT2D eigenvalue weighted by atomic mass is 32.2. The zero-order chi connectivity index (χ0) is 24.0. The minimum Gasteiger partial charge on any atom is -0.339 e. The number of hydrogen-bond acceptors (Lipinski definition) is 5. The number of halogens is 1. The van der Waals surface area contributed by atoms with E-state index in [-0.39, 0.29) is 12.5 Å². The molecule has 2 N–H and O–H groups in total. The Morgan fingerprint density at radius 3 is 2.33 bits per heavy atom. The minimum atomic E-state index is -4.17. The number of amides is 2. The second-order valence-electron chi connectivity index (χ2n) is 7.93. The molecule has 8 nitrogen and oxygen atoms in total. The van der Waals surface area contributed by atoms with Gasteiger partial charge in [0.2, 0.25) is 21.8 Å². The molecule has 1 atom stereocenters. The molecule has 0 aromatic heterocycles. The van der Waals surface area contributed by atoms with Crippen LogP contribution in [0.3, 0.4) is 0 Å². The maximum atomic E-state index is 13.9. The Balaban J connectivity index is 1.50. The van der Waals surface area contributed by atoms with Crippen LogP contribution in [0.25, 0.3) is 0 Å². The third kappa shape index (κ3) is 6.37. The Labute approximate surface area is 193 Å². The highest BCUT2D eigenvalue weighted by Gasteiger charge is 2.29. The molecule has 1 saturated heterocycles. The fourth-order valence-electron chi connectivity index (χ4n) is 3.75. The van der Waals surface area contributed by atoms with E-state index in [2.05, 4.69) is 10.0 Å². The van der Waals surface area contributed by atoms with Gasteiger partial charge in [-0.25, -0.2) is 12.8 Å². The number of para-hydroxylation sites is 1. The Kier molecular flexibility index (Phi) is 8.17. The van der Waals surface area contributed by atoms with Crippen LogP contribution in [0.15, 0.2) is 53.4 Å². The lowest BCUT2D eigenvalue weighted by Crippen LogP contribution is -2.55. The van der Waals surface area contributed by atoms with Crippen molar-refractivity contribution in [3.8, 4) is 0 Å². The summed E-state index contributed by atoms with van der Waals surface area (Å²) in [6.07, 6.45) is 0.816. The first-order valence-electron chi connectivity index (χ1n) is 10.9. The van der Waals surface area contributed by atoms with Crippen LogP contribution in [0.5, 0.6) is 0 Å². The lowest BCUT2D eigenvalue weighted by molar-refractivity contribution is -0.134. The maximum Gasteiger partial charge on any atom is 0.244 e. The average Bonchev–Trinajstić information content (AvgIpc) is 2.79. The molecule has 1 fully saturated rings. The highest BCUT2D eigenvalue weighted by Crippen LogP contribution is 2.16. The van der Waals surface area contributed by atoms with Crippen LogP contribution in [-0.2, 0) is 26.0 Å². The molecule has 3 rings (SSSR count). The lowest BCUT2D eigenvalue weighted by Gasteiger charge is -2.35. The van der Waals surface area contributed by atoms with Gasteiger partial charge in [0.25, 0.3) is 0 Å². The highest BCUT2D eigenvalue weighted by molar-refractivity contribution is 7.89. The zero-order valence-corrected chi connectivity index (χ0v) is 19.6. The van der Waals surface area contributed by atoms with Crippen LogP contribution in [-0.4, -0.2) is 68.8 Å². The van der Waals surface area contributed by atoms with Crippen LogP contribution in [0.4, 0.5) is 10.1 Å². The molecule has 0 radical (unpaired) electrons. The fraction of sp³-hybridized carbons (Fsp3) is 0.391. The van der Waals surface area contributed by atoms with E-state index in [0.717, 1.165) is 29.8 Å². The van der Waals surface area contributed by atoms with E-state index >= 15 is 0 Å². The number of anilines is 1. The van der Waals surface area contributed by atoms with Gasteiger partial charge in [-0.3, -0.25) is 14.5 Å². The molecular weight excluding hydrogens is 447 g/mol. The van der Waals surface area contributed by atoms with Crippen molar-refractivity contribution in [1.82, 2.24) is 14.5 Å². The SMILES string of the molecule is CCc1ccccc1NC(=O)CN1CCN(C(=O)[C@H](C)NS(=O)(=O)c2ccccc2F)CC1. The molecule has 1 aliphatic rings. The number of nitrogens with zero attached hydrogens (tertiary/aromatic N) is 2. The van der Waals surface area contributed by atoms with Crippen molar-refractivity contribution in [2.75, 3.05) is 38.0 Å². The second kappa shape index (κ2) is 10.9. The van der Waals surface area contributed by atoms with Crippen LogP contribution in [0.1, 0.15) is 19.4 Å². The summed E-state index contributed by atoms with van der Waals surface area (Å²) in [6, 6.07) is 11.6. The summed E-state index contributed by atoms with van der Waals surface area (Å²) >= 11 is 0. The third-order valence-electron chi connectivity index (χ3n) is 5.55. The Hall–Kier alpha value is -2.82.